The lowest BCUT2D eigenvalue weighted by Gasteiger charge is -2.19. The van der Waals surface area contributed by atoms with Crippen LogP contribution in [-0.2, 0) is 11.2 Å². The van der Waals surface area contributed by atoms with Crippen LogP contribution in [-0.4, -0.2) is 11.1 Å². The molecule has 146 valence electrons. The summed E-state index contributed by atoms with van der Waals surface area (Å²) in [5, 5.41) is 7.01. The van der Waals surface area contributed by atoms with Gasteiger partial charge in [-0.05, 0) is 49.1 Å². The van der Waals surface area contributed by atoms with Crippen LogP contribution in [0.3, 0.4) is 0 Å². The van der Waals surface area contributed by atoms with Crippen LogP contribution >= 0.6 is 11.8 Å². The van der Waals surface area contributed by atoms with Gasteiger partial charge in [-0.2, -0.15) is 0 Å². The van der Waals surface area contributed by atoms with Crippen LogP contribution in [0.2, 0.25) is 0 Å². The lowest BCUT2D eigenvalue weighted by molar-refractivity contribution is 0.102. The molecule has 0 radical (unpaired) electrons. The molecule has 1 heterocycles. The fourth-order valence-electron chi connectivity index (χ4n) is 2.89. The highest BCUT2D eigenvalue weighted by atomic mass is 32.2. The largest absolute Gasteiger partial charge is 0.361 e. The molecule has 0 saturated carbocycles. The summed E-state index contributed by atoms with van der Waals surface area (Å²) in [6.45, 7) is 10.4. The van der Waals surface area contributed by atoms with Crippen molar-refractivity contribution in [3.63, 3.8) is 0 Å². The number of thioether (sulfide) groups is 1. The minimum Gasteiger partial charge on any atom is -0.361 e. The number of hydrogen-bond donors (Lipinski definition) is 1. The van der Waals surface area contributed by atoms with Gasteiger partial charge in [0.25, 0.3) is 5.91 Å². The first kappa shape index (κ1) is 20.2. The van der Waals surface area contributed by atoms with Crippen molar-refractivity contribution in [3.8, 4) is 0 Å². The Bertz CT molecular complexity index is 950. The van der Waals surface area contributed by atoms with E-state index in [2.05, 4.69) is 43.4 Å². The third-order valence-electron chi connectivity index (χ3n) is 4.69. The molecule has 4 nitrogen and oxygen atoms in total. The average molecular weight is 395 g/mol. The normalized spacial score (nSPS) is 11.5. The second-order valence-electron chi connectivity index (χ2n) is 7.87. The first-order chi connectivity index (χ1) is 13.3. The maximum Gasteiger partial charge on any atom is 0.256 e. The van der Waals surface area contributed by atoms with E-state index < -0.39 is 0 Å². The number of carbonyl (C=O) groups excluding carboxylic acids is 1. The number of aromatic nitrogens is 1. The van der Waals surface area contributed by atoms with Gasteiger partial charge >= 0.3 is 0 Å². The Morgan fingerprint density at radius 3 is 2.36 bits per heavy atom. The lowest BCUT2D eigenvalue weighted by atomic mass is 9.87. The van der Waals surface area contributed by atoms with Gasteiger partial charge in [0.05, 0.1) is 11.3 Å². The Balaban J connectivity index is 1.74. The van der Waals surface area contributed by atoms with Crippen LogP contribution in [0, 0.1) is 13.8 Å². The number of anilines is 1. The molecule has 1 amide bonds. The van der Waals surface area contributed by atoms with Gasteiger partial charge in [0.1, 0.15) is 5.76 Å². The summed E-state index contributed by atoms with van der Waals surface area (Å²) >= 11 is 1.62. The van der Waals surface area contributed by atoms with Crippen LogP contribution in [0.4, 0.5) is 5.69 Å². The molecule has 3 aromatic rings. The number of carbonyl (C=O) groups is 1. The van der Waals surface area contributed by atoms with Gasteiger partial charge in [0.15, 0.2) is 0 Å². The molecule has 0 bridgehead atoms. The number of rotatable bonds is 5. The molecule has 5 heteroatoms. The van der Waals surface area contributed by atoms with Crippen molar-refractivity contribution in [2.75, 3.05) is 5.32 Å². The van der Waals surface area contributed by atoms with E-state index in [0.29, 0.717) is 11.3 Å². The van der Waals surface area contributed by atoms with Gasteiger partial charge < -0.3 is 9.84 Å². The molecule has 0 unspecified atom stereocenters. The number of nitrogens with one attached hydrogen (secondary N) is 1. The minimum atomic E-state index is -0.106. The molecular formula is C23H26N2O2S. The molecule has 28 heavy (non-hydrogen) atoms. The van der Waals surface area contributed by atoms with Gasteiger partial charge in [-0.1, -0.05) is 50.2 Å². The third kappa shape index (κ3) is 4.65. The number of nitrogens with zero attached hydrogens (tertiary/aromatic N) is 1. The molecule has 1 N–H and O–H groups in total. The Morgan fingerprint density at radius 1 is 1.07 bits per heavy atom. The van der Waals surface area contributed by atoms with E-state index in [9.17, 15) is 4.79 Å². The van der Waals surface area contributed by atoms with E-state index in [0.717, 1.165) is 27.6 Å². The van der Waals surface area contributed by atoms with Crippen LogP contribution in [0.1, 0.15) is 53.7 Å². The van der Waals surface area contributed by atoms with Crippen LogP contribution in [0.5, 0.6) is 0 Å². The minimum absolute atomic E-state index is 0.0873. The van der Waals surface area contributed by atoms with Gasteiger partial charge in [-0.3, -0.25) is 4.79 Å². The summed E-state index contributed by atoms with van der Waals surface area (Å²) in [4.78, 5) is 13.8. The predicted molar refractivity (Wildman–Crippen MR) is 115 cm³/mol. The molecule has 3 rings (SSSR count). The Kier molecular flexibility index (Phi) is 5.94. The summed E-state index contributed by atoms with van der Waals surface area (Å²) in [5.74, 6) is 1.43. The number of hydrogen-bond acceptors (Lipinski definition) is 4. The molecule has 0 saturated heterocycles. The zero-order chi connectivity index (χ0) is 20.3. The molecule has 0 aliphatic carbocycles. The van der Waals surface area contributed by atoms with E-state index in [1.807, 2.05) is 50.2 Å². The van der Waals surface area contributed by atoms with Crippen LogP contribution in [0.15, 0.2) is 57.9 Å². The topological polar surface area (TPSA) is 55.1 Å². The smallest absolute Gasteiger partial charge is 0.256 e. The summed E-state index contributed by atoms with van der Waals surface area (Å²) in [7, 11) is 0. The van der Waals surface area contributed by atoms with Crippen molar-refractivity contribution in [3.05, 3.63) is 76.7 Å². The molecule has 1 aromatic heterocycles. The van der Waals surface area contributed by atoms with E-state index in [4.69, 9.17) is 4.52 Å². The van der Waals surface area contributed by atoms with Gasteiger partial charge in [-0.15, -0.1) is 11.8 Å². The summed E-state index contributed by atoms with van der Waals surface area (Å²) < 4.78 is 5.23. The van der Waals surface area contributed by atoms with Gasteiger partial charge in [0, 0.05) is 21.9 Å². The van der Waals surface area contributed by atoms with E-state index >= 15 is 0 Å². The van der Waals surface area contributed by atoms with Crippen molar-refractivity contribution in [1.29, 1.82) is 0 Å². The first-order valence-electron chi connectivity index (χ1n) is 9.31. The molecular weight excluding hydrogens is 368 g/mol. The molecule has 0 aliphatic rings. The summed E-state index contributed by atoms with van der Waals surface area (Å²) in [6.07, 6.45) is 0. The van der Waals surface area contributed by atoms with Crippen molar-refractivity contribution in [1.82, 2.24) is 5.16 Å². The summed E-state index contributed by atoms with van der Waals surface area (Å²) in [5.41, 5.74) is 4.76. The monoisotopic (exact) mass is 394 g/mol. The Morgan fingerprint density at radius 2 is 1.75 bits per heavy atom. The van der Waals surface area contributed by atoms with Crippen LogP contribution in [0.25, 0.3) is 0 Å². The highest BCUT2D eigenvalue weighted by Crippen LogP contribution is 2.29. The fourth-order valence-corrected chi connectivity index (χ4v) is 4.09. The standard InChI is InChI=1S/C23H26N2O2S/c1-15-20(16(2)27-25-15)14-28-21-9-7-6-8-19(21)22(26)24-18-12-10-17(11-13-18)23(3,4)5/h6-13H,14H2,1-5H3,(H,24,26). The Labute approximate surface area is 170 Å². The van der Waals surface area contributed by atoms with Gasteiger partial charge in [-0.25, -0.2) is 0 Å². The maximum atomic E-state index is 12.9. The molecule has 2 aromatic carbocycles. The first-order valence-corrected chi connectivity index (χ1v) is 10.3. The molecule has 0 atom stereocenters. The lowest BCUT2D eigenvalue weighted by Crippen LogP contribution is -2.14. The number of benzene rings is 2. The second kappa shape index (κ2) is 8.23. The fraction of sp³-hybridized carbons (Fsp3) is 0.304. The zero-order valence-electron chi connectivity index (χ0n) is 17.0. The highest BCUT2D eigenvalue weighted by Gasteiger charge is 2.16. The molecule has 0 fully saturated rings. The third-order valence-corrected chi connectivity index (χ3v) is 5.79. The number of aryl methyl sites for hydroxylation is 2. The van der Waals surface area contributed by atoms with Gasteiger partial charge in [0.2, 0.25) is 0 Å². The second-order valence-corrected chi connectivity index (χ2v) is 8.89. The van der Waals surface area contributed by atoms with Crippen molar-refractivity contribution >= 4 is 23.4 Å². The molecule has 0 spiro atoms. The van der Waals surface area contributed by atoms with Crippen molar-refractivity contribution < 1.29 is 9.32 Å². The highest BCUT2D eigenvalue weighted by molar-refractivity contribution is 7.98. The van der Waals surface area contributed by atoms with Crippen LogP contribution < -0.4 is 5.32 Å². The zero-order valence-corrected chi connectivity index (χ0v) is 17.8. The Hall–Kier alpha value is -2.53. The van der Waals surface area contributed by atoms with Crippen molar-refractivity contribution in [2.45, 2.75) is 50.7 Å². The average Bonchev–Trinajstić information content (AvgIpc) is 2.98. The van der Waals surface area contributed by atoms with E-state index in [1.54, 1.807) is 11.8 Å². The quantitative estimate of drug-likeness (QED) is 0.529. The molecule has 0 aliphatic heterocycles. The van der Waals surface area contributed by atoms with Crippen molar-refractivity contribution in [2.24, 2.45) is 0 Å². The predicted octanol–water partition coefficient (Wildman–Crippen LogP) is 6.13. The summed E-state index contributed by atoms with van der Waals surface area (Å²) in [6, 6.07) is 15.7. The van der Waals surface area contributed by atoms with E-state index in [1.165, 1.54) is 5.56 Å². The maximum absolute atomic E-state index is 12.9. The number of amides is 1. The SMILES string of the molecule is Cc1noc(C)c1CSc1ccccc1C(=O)Nc1ccc(C(C)(C)C)cc1. The van der Waals surface area contributed by atoms with E-state index in [-0.39, 0.29) is 11.3 Å².